The van der Waals surface area contributed by atoms with E-state index in [2.05, 4.69) is 79.1 Å². The number of nitrogens with zero attached hydrogens (tertiary/aromatic N) is 2. The van der Waals surface area contributed by atoms with Crippen molar-refractivity contribution in [3.63, 3.8) is 0 Å². The van der Waals surface area contributed by atoms with Crippen molar-refractivity contribution in [1.29, 1.82) is 0 Å². The highest BCUT2D eigenvalue weighted by Gasteiger charge is 2.34. The van der Waals surface area contributed by atoms with Crippen molar-refractivity contribution < 1.29 is 4.79 Å². The molecule has 0 N–H and O–H groups in total. The molecule has 0 spiro atoms. The molecule has 1 aromatic heterocycles. The Morgan fingerprint density at radius 1 is 0.865 bits per heavy atom. The third-order valence-corrected chi connectivity index (χ3v) is 8.46. The Hall–Kier alpha value is -3.67. The summed E-state index contributed by atoms with van der Waals surface area (Å²) in [6, 6.07) is 29.4. The van der Waals surface area contributed by atoms with Gasteiger partial charge in [0, 0.05) is 28.7 Å². The van der Waals surface area contributed by atoms with Crippen LogP contribution in [-0.4, -0.2) is 14.8 Å². The maximum atomic E-state index is 13.6. The molecule has 1 aliphatic heterocycles. The van der Waals surface area contributed by atoms with Crippen molar-refractivity contribution in [3.05, 3.63) is 118 Å². The molecule has 0 saturated carbocycles. The van der Waals surface area contributed by atoms with Gasteiger partial charge in [-0.3, -0.25) is 9.69 Å². The van der Waals surface area contributed by atoms with Gasteiger partial charge in [-0.05, 0) is 66.9 Å². The van der Waals surface area contributed by atoms with Crippen molar-refractivity contribution in [2.24, 2.45) is 0 Å². The number of carbonyl (C=O) groups is 1. The quantitative estimate of drug-likeness (QED) is 0.177. The lowest BCUT2D eigenvalue weighted by Crippen LogP contribution is -2.28. The maximum Gasteiger partial charge on any atom is 0.270 e. The number of para-hydroxylation sites is 1. The summed E-state index contributed by atoms with van der Waals surface area (Å²) in [6.07, 6.45) is 2.04. The van der Waals surface area contributed by atoms with E-state index >= 15 is 0 Å². The monoisotopic (exact) mass is 518 g/mol. The van der Waals surface area contributed by atoms with Crippen LogP contribution in [0.3, 0.4) is 0 Å². The van der Waals surface area contributed by atoms with Gasteiger partial charge in [-0.15, -0.1) is 0 Å². The first-order valence-corrected chi connectivity index (χ1v) is 13.5. The summed E-state index contributed by atoms with van der Waals surface area (Å²) >= 11 is 7.04. The van der Waals surface area contributed by atoms with Gasteiger partial charge < -0.3 is 4.57 Å². The molecule has 0 bridgehead atoms. The second-order valence-corrected chi connectivity index (χ2v) is 11.2. The second kappa shape index (κ2) is 9.33. The van der Waals surface area contributed by atoms with Crippen LogP contribution in [0.4, 0.5) is 5.69 Å². The molecule has 0 unspecified atom stereocenters. The van der Waals surface area contributed by atoms with Gasteiger partial charge in [0.2, 0.25) is 0 Å². The number of thiocarbonyl (C=S) groups is 1. The van der Waals surface area contributed by atoms with Crippen LogP contribution < -0.4 is 4.90 Å². The molecule has 4 aromatic carbocycles. The molecule has 5 aromatic rings. The molecule has 0 atom stereocenters. The van der Waals surface area contributed by atoms with E-state index in [1.165, 1.54) is 33.7 Å². The average Bonchev–Trinajstić information content (AvgIpc) is 3.31. The molecule has 5 heteroatoms. The molecule has 1 fully saturated rings. The summed E-state index contributed by atoms with van der Waals surface area (Å²) in [6.45, 7) is 7.02. The summed E-state index contributed by atoms with van der Waals surface area (Å²) < 4.78 is 2.93. The number of anilines is 1. The number of benzene rings is 4. The van der Waals surface area contributed by atoms with Gasteiger partial charge in [0.1, 0.15) is 0 Å². The molecular weight excluding hydrogens is 492 g/mol. The number of rotatable bonds is 4. The second-order valence-electron chi connectivity index (χ2n) is 9.55. The first-order chi connectivity index (χ1) is 17.9. The maximum absolute atomic E-state index is 13.6. The van der Waals surface area contributed by atoms with Gasteiger partial charge in [-0.2, -0.15) is 0 Å². The summed E-state index contributed by atoms with van der Waals surface area (Å²) in [7, 11) is 0. The number of amides is 1. The van der Waals surface area contributed by atoms with Gasteiger partial charge >= 0.3 is 0 Å². The normalized spacial score (nSPS) is 15.0. The van der Waals surface area contributed by atoms with Crippen molar-refractivity contribution in [2.45, 2.75) is 27.3 Å². The SMILES string of the molecule is Cc1ccc2c(c1)c(/C=C1\SC(=S)N(c3ccccc3C)C1=O)c(C)n2Cc1cccc2ccccc12. The smallest absolute Gasteiger partial charge is 0.270 e. The first kappa shape index (κ1) is 23.7. The zero-order valence-corrected chi connectivity index (χ0v) is 22.6. The molecule has 0 radical (unpaired) electrons. The van der Waals surface area contributed by atoms with Crippen LogP contribution in [-0.2, 0) is 11.3 Å². The summed E-state index contributed by atoms with van der Waals surface area (Å²) in [4.78, 5) is 15.9. The Kier molecular flexibility index (Phi) is 5.98. The van der Waals surface area contributed by atoms with Crippen molar-refractivity contribution in [1.82, 2.24) is 4.57 Å². The summed E-state index contributed by atoms with van der Waals surface area (Å²) in [5.41, 5.74) is 7.71. The van der Waals surface area contributed by atoms with E-state index in [1.807, 2.05) is 37.3 Å². The van der Waals surface area contributed by atoms with Crippen molar-refractivity contribution in [2.75, 3.05) is 4.90 Å². The van der Waals surface area contributed by atoms with Gasteiger partial charge in [-0.25, -0.2) is 0 Å². The minimum absolute atomic E-state index is 0.0636. The molecule has 6 rings (SSSR count). The van der Waals surface area contributed by atoms with Crippen LogP contribution in [0, 0.1) is 20.8 Å². The van der Waals surface area contributed by atoms with Crippen LogP contribution >= 0.6 is 24.0 Å². The third-order valence-electron chi connectivity index (χ3n) is 7.16. The van der Waals surface area contributed by atoms with Crippen LogP contribution in [0.2, 0.25) is 0 Å². The molecule has 2 heterocycles. The summed E-state index contributed by atoms with van der Waals surface area (Å²) in [5.74, 6) is -0.0636. The number of hydrogen-bond acceptors (Lipinski definition) is 3. The van der Waals surface area contributed by atoms with Gasteiger partial charge in [0.05, 0.1) is 10.6 Å². The number of fused-ring (bicyclic) bond motifs is 2. The van der Waals surface area contributed by atoms with E-state index in [9.17, 15) is 4.79 Å². The van der Waals surface area contributed by atoms with E-state index in [0.29, 0.717) is 9.23 Å². The predicted molar refractivity (Wildman–Crippen MR) is 161 cm³/mol. The van der Waals surface area contributed by atoms with Crippen LogP contribution in [0.25, 0.3) is 27.8 Å². The number of aromatic nitrogens is 1. The van der Waals surface area contributed by atoms with E-state index in [1.54, 1.807) is 4.90 Å². The standard InChI is InChI=1S/C32H26N2OS2/c1-20-15-16-29-27(17-20)26(18-30-31(35)34(32(36)37-30)28-14-7-4-9-21(28)2)22(3)33(29)19-24-12-8-11-23-10-5-6-13-25(23)24/h4-18H,19H2,1-3H3/b30-18-. The number of hydrogen-bond donors (Lipinski definition) is 0. The van der Waals surface area contributed by atoms with Gasteiger partial charge in [-0.1, -0.05) is 96.3 Å². The number of carbonyl (C=O) groups excluding carboxylic acids is 1. The van der Waals surface area contributed by atoms with E-state index < -0.39 is 0 Å². The topological polar surface area (TPSA) is 25.2 Å². The fraction of sp³-hybridized carbons (Fsp3) is 0.125. The zero-order chi connectivity index (χ0) is 25.7. The highest BCUT2D eigenvalue weighted by molar-refractivity contribution is 8.27. The summed E-state index contributed by atoms with van der Waals surface area (Å²) in [5, 5.41) is 3.66. The van der Waals surface area contributed by atoms with E-state index in [4.69, 9.17) is 12.2 Å². The van der Waals surface area contributed by atoms with E-state index in [-0.39, 0.29) is 5.91 Å². The van der Waals surface area contributed by atoms with Crippen LogP contribution in [0.5, 0.6) is 0 Å². The largest absolute Gasteiger partial charge is 0.340 e. The highest BCUT2D eigenvalue weighted by Crippen LogP contribution is 2.39. The minimum atomic E-state index is -0.0636. The highest BCUT2D eigenvalue weighted by atomic mass is 32.2. The van der Waals surface area contributed by atoms with Gasteiger partial charge in [0.25, 0.3) is 5.91 Å². The van der Waals surface area contributed by atoms with Crippen LogP contribution in [0.15, 0.2) is 89.8 Å². The Morgan fingerprint density at radius 2 is 1.62 bits per heavy atom. The fourth-order valence-corrected chi connectivity index (χ4v) is 6.50. The zero-order valence-electron chi connectivity index (χ0n) is 21.0. The average molecular weight is 519 g/mol. The van der Waals surface area contributed by atoms with E-state index in [0.717, 1.165) is 40.0 Å². The number of aryl methyl sites for hydroxylation is 2. The lowest BCUT2D eigenvalue weighted by atomic mass is 10.0. The first-order valence-electron chi connectivity index (χ1n) is 12.3. The third kappa shape index (κ3) is 4.08. The lowest BCUT2D eigenvalue weighted by Gasteiger charge is -2.16. The Morgan fingerprint density at radius 3 is 2.46 bits per heavy atom. The molecule has 1 amide bonds. The number of thioether (sulfide) groups is 1. The predicted octanol–water partition coefficient (Wildman–Crippen LogP) is 8.17. The molecule has 3 nitrogen and oxygen atoms in total. The fourth-order valence-electron chi connectivity index (χ4n) is 5.23. The Bertz CT molecular complexity index is 1760. The van der Waals surface area contributed by atoms with Crippen LogP contribution in [0.1, 0.15) is 27.9 Å². The molecule has 182 valence electrons. The molecule has 1 aliphatic rings. The molecule has 1 saturated heterocycles. The Labute approximate surface area is 226 Å². The van der Waals surface area contributed by atoms with Gasteiger partial charge in [0.15, 0.2) is 4.32 Å². The minimum Gasteiger partial charge on any atom is -0.340 e. The van der Waals surface area contributed by atoms with Crippen molar-refractivity contribution >= 4 is 67.6 Å². The molecular formula is C32H26N2OS2. The Balaban J connectivity index is 1.47. The molecule has 37 heavy (non-hydrogen) atoms. The molecule has 0 aliphatic carbocycles. The van der Waals surface area contributed by atoms with Crippen molar-refractivity contribution in [3.8, 4) is 0 Å². The lowest BCUT2D eigenvalue weighted by molar-refractivity contribution is -0.113.